The van der Waals surface area contributed by atoms with Crippen molar-refractivity contribution >= 4 is 0 Å². The molecule has 10 rings (SSSR count). The monoisotopic (exact) mass is 1050 g/mol. The molecule has 10 aliphatic rings. The van der Waals surface area contributed by atoms with E-state index in [-0.39, 0.29) is 0 Å². The van der Waals surface area contributed by atoms with E-state index in [0.29, 0.717) is 10.8 Å². The molecule has 0 aromatic rings. The summed E-state index contributed by atoms with van der Waals surface area (Å²) in [6.07, 6.45) is 35.4. The van der Waals surface area contributed by atoms with E-state index in [4.69, 9.17) is 0 Å². The highest BCUT2D eigenvalue weighted by Gasteiger charge is 2.46. The maximum absolute atomic E-state index is 2.48. The number of rotatable bonds is 3. The van der Waals surface area contributed by atoms with E-state index in [1.54, 1.807) is 0 Å². The van der Waals surface area contributed by atoms with Gasteiger partial charge in [0.05, 0.1) is 0 Å². The van der Waals surface area contributed by atoms with Crippen molar-refractivity contribution in [3.05, 3.63) is 0 Å². The molecule has 0 amide bonds. The Labute approximate surface area is 478 Å². The second-order valence-electron chi connectivity index (χ2n) is 33.3. The molecule has 0 aromatic carbocycles. The van der Waals surface area contributed by atoms with Crippen LogP contribution in [0.4, 0.5) is 0 Å². The van der Waals surface area contributed by atoms with Gasteiger partial charge in [-0.05, 0) is 217 Å². The Morgan fingerprint density at radius 3 is 1.00 bits per heavy atom. The lowest BCUT2D eigenvalue weighted by atomic mass is 9.60. The molecule has 0 nitrogen and oxygen atoms in total. The molecule has 0 heterocycles. The second-order valence-corrected chi connectivity index (χ2v) is 33.3. The molecule has 0 N–H and O–H groups in total. The zero-order valence-corrected chi connectivity index (χ0v) is 57.2. The molecule has 2 bridgehead atoms. The maximum atomic E-state index is 2.48. The van der Waals surface area contributed by atoms with Gasteiger partial charge in [-0.1, -0.05) is 263 Å². The van der Waals surface area contributed by atoms with Gasteiger partial charge >= 0.3 is 0 Å². The molecular formula is C75H148. The highest BCUT2D eigenvalue weighted by molar-refractivity contribution is 4.97. The van der Waals surface area contributed by atoms with Crippen LogP contribution in [0.25, 0.3) is 0 Å². The minimum absolute atomic E-state index is 0.595. The Kier molecular flexibility index (Phi) is 32.1. The standard InChI is InChI=1S/C9H16.2C9H18.6C8H16/c1-7-5-8-3-4-9(7,2)6-8;1-8-6-4-5-7-9(8,2)3;1-7-5-4-6-8(2)9(7)3;1-6-4-7(2)8(3)5-6;1-6(2)8-4-7(3)5-8;1-8(2,3)7-5-4-6-7;1-6-4-5-7(2)8(6)3;1-5-6(2)8(4)7(5)3;1-3-7(2)8-5-4-6-8/h7-8H,3-6H2,1-2H3;8H,4-7H2,1-3H3;7-9H,4-6H2,1-3H3;2*6-8H,4-5H2,1-3H3;7H,4-6H2,1-3H3;6-8H,4-5H2,1-3H3;5-8H,1-4H3;7-8H,3-6H2,1-2H3/t7-,8?,9?;8-;;6?,7-,8?;;;;;/m01.0...../s1. The van der Waals surface area contributed by atoms with Crippen molar-refractivity contribution in [2.45, 2.75) is 334 Å². The number of hydrogen-bond donors (Lipinski definition) is 0. The Morgan fingerprint density at radius 1 is 0.400 bits per heavy atom. The molecular weight excluding hydrogens is 901 g/mol. The molecule has 0 aromatic heterocycles. The molecule has 0 heteroatoms. The molecule has 10 saturated carbocycles. The van der Waals surface area contributed by atoms with Gasteiger partial charge in [-0.15, -0.1) is 0 Å². The molecule has 10 fully saturated rings. The van der Waals surface area contributed by atoms with Crippen LogP contribution in [0.3, 0.4) is 0 Å². The summed E-state index contributed by atoms with van der Waals surface area (Å²) in [6, 6.07) is 0. The fraction of sp³-hybridized carbons (Fsp3) is 1.00. The molecule has 12 atom stereocenters. The molecule has 9 unspecified atom stereocenters. The minimum atomic E-state index is 0.595. The normalized spacial score (nSPS) is 41.5. The van der Waals surface area contributed by atoms with Crippen molar-refractivity contribution in [1.82, 2.24) is 0 Å². The Bertz CT molecular complexity index is 1350. The fourth-order valence-corrected chi connectivity index (χ4v) is 15.7. The Hall–Kier alpha value is 0. The van der Waals surface area contributed by atoms with Crippen LogP contribution in [0.5, 0.6) is 0 Å². The van der Waals surface area contributed by atoms with Crippen molar-refractivity contribution in [2.75, 3.05) is 0 Å². The molecule has 10 aliphatic carbocycles. The highest BCUT2D eigenvalue weighted by atomic mass is 14.5. The third-order valence-corrected chi connectivity index (χ3v) is 25.9. The van der Waals surface area contributed by atoms with E-state index in [1.165, 1.54) is 154 Å². The van der Waals surface area contributed by atoms with Gasteiger partial charge in [0.1, 0.15) is 0 Å². The van der Waals surface area contributed by atoms with Gasteiger partial charge in [0.2, 0.25) is 0 Å². The number of fused-ring (bicyclic) bond motifs is 2. The lowest BCUT2D eigenvalue weighted by molar-refractivity contribution is 0.0302. The van der Waals surface area contributed by atoms with Crippen molar-refractivity contribution in [3.8, 4) is 0 Å². The minimum Gasteiger partial charge on any atom is -0.0651 e. The predicted molar refractivity (Wildman–Crippen MR) is 342 cm³/mol. The van der Waals surface area contributed by atoms with Crippen LogP contribution in [0.2, 0.25) is 0 Å². The first-order chi connectivity index (χ1) is 34.8. The maximum Gasteiger partial charge on any atom is -0.0297 e. The van der Waals surface area contributed by atoms with Gasteiger partial charge in [-0.2, -0.15) is 0 Å². The van der Waals surface area contributed by atoms with Crippen LogP contribution in [0.1, 0.15) is 334 Å². The predicted octanol–water partition coefficient (Wildman–Crippen LogP) is 25.4. The smallest absolute Gasteiger partial charge is 0.0297 e. The van der Waals surface area contributed by atoms with Crippen LogP contribution in [0, 0.1) is 146 Å². The summed E-state index contributed by atoms with van der Waals surface area (Å²) in [7, 11) is 0. The largest absolute Gasteiger partial charge is 0.0651 e. The van der Waals surface area contributed by atoms with Crippen LogP contribution in [-0.4, -0.2) is 0 Å². The van der Waals surface area contributed by atoms with Gasteiger partial charge in [0.25, 0.3) is 0 Å². The van der Waals surface area contributed by atoms with E-state index in [1.807, 2.05) is 0 Å². The van der Waals surface area contributed by atoms with E-state index in [0.717, 1.165) is 136 Å². The molecule has 0 aliphatic heterocycles. The van der Waals surface area contributed by atoms with Crippen molar-refractivity contribution in [1.29, 1.82) is 0 Å². The average molecular weight is 1050 g/mol. The summed E-state index contributed by atoms with van der Waals surface area (Å²) in [5, 5.41) is 0. The van der Waals surface area contributed by atoms with E-state index in [2.05, 4.69) is 180 Å². The molecule has 0 saturated heterocycles. The summed E-state index contributed by atoms with van der Waals surface area (Å²) in [5.41, 5.74) is 2.00. The van der Waals surface area contributed by atoms with Gasteiger partial charge in [0.15, 0.2) is 0 Å². The summed E-state index contributed by atoms with van der Waals surface area (Å²) in [5.74, 6) is 22.0. The third kappa shape index (κ3) is 24.2. The molecule has 0 radical (unpaired) electrons. The Balaban J connectivity index is 0.000000289. The van der Waals surface area contributed by atoms with Crippen molar-refractivity contribution in [3.63, 3.8) is 0 Å². The molecule has 75 heavy (non-hydrogen) atoms. The van der Waals surface area contributed by atoms with Gasteiger partial charge in [-0.25, -0.2) is 0 Å². The Morgan fingerprint density at radius 2 is 0.827 bits per heavy atom. The van der Waals surface area contributed by atoms with Crippen molar-refractivity contribution in [2.24, 2.45) is 146 Å². The van der Waals surface area contributed by atoms with Gasteiger partial charge in [-0.3, -0.25) is 0 Å². The number of hydrogen-bond acceptors (Lipinski definition) is 0. The summed E-state index contributed by atoms with van der Waals surface area (Å²) >= 11 is 0. The van der Waals surface area contributed by atoms with Gasteiger partial charge < -0.3 is 0 Å². The topological polar surface area (TPSA) is 0 Å². The van der Waals surface area contributed by atoms with E-state index in [9.17, 15) is 0 Å². The molecule has 448 valence electrons. The average Bonchev–Trinajstić information content (AvgIpc) is 4.01. The first-order valence-corrected chi connectivity index (χ1v) is 34.8. The highest BCUT2D eigenvalue weighted by Crippen LogP contribution is 2.57. The van der Waals surface area contributed by atoms with Gasteiger partial charge in [0, 0.05) is 0 Å². The zero-order chi connectivity index (χ0) is 57.2. The van der Waals surface area contributed by atoms with Crippen molar-refractivity contribution < 1.29 is 0 Å². The van der Waals surface area contributed by atoms with E-state index < -0.39 is 0 Å². The summed E-state index contributed by atoms with van der Waals surface area (Å²) in [6.45, 7) is 61.6. The van der Waals surface area contributed by atoms with E-state index >= 15 is 0 Å². The lowest BCUT2D eigenvalue weighted by Gasteiger charge is -2.45. The lowest BCUT2D eigenvalue weighted by Crippen LogP contribution is -2.39. The second kappa shape index (κ2) is 33.8. The quantitative estimate of drug-likeness (QED) is 0.264. The van der Waals surface area contributed by atoms with Crippen LogP contribution >= 0.6 is 0 Å². The van der Waals surface area contributed by atoms with Crippen LogP contribution in [-0.2, 0) is 0 Å². The summed E-state index contributed by atoms with van der Waals surface area (Å²) in [4.78, 5) is 0. The zero-order valence-electron chi connectivity index (χ0n) is 57.2. The first-order valence-electron chi connectivity index (χ1n) is 34.8. The SMILES string of the molecule is CC(C)(C)C1CCC1.CC1C(C)C(C)C1C.CC1CC(C(C)C)C1.CC1CC(C)[C@@H](C)C1.CC1CCC(C)C1C.CC1CCCC(C)C1C.CCC(C)C1CCC1.C[C@@H]1CCCCC1(C)C.C[C@H]1CC2CCC1(C)C2. The van der Waals surface area contributed by atoms with Crippen LogP contribution in [0.15, 0.2) is 0 Å². The molecule has 0 spiro atoms. The summed E-state index contributed by atoms with van der Waals surface area (Å²) < 4.78 is 0. The van der Waals surface area contributed by atoms with Crippen LogP contribution < -0.4 is 0 Å². The fourth-order valence-electron chi connectivity index (χ4n) is 15.7. The third-order valence-electron chi connectivity index (χ3n) is 25.9. The first kappa shape index (κ1) is 71.1.